The molecule has 74 valence electrons. The minimum atomic E-state index is -0.236. The van der Waals surface area contributed by atoms with Gasteiger partial charge in [-0.3, -0.25) is 0 Å². The largest absolute Gasteiger partial charge is 0.329 e. The van der Waals surface area contributed by atoms with Gasteiger partial charge in [0.1, 0.15) is 5.82 Å². The second-order valence-corrected chi connectivity index (χ2v) is 2.84. The van der Waals surface area contributed by atoms with Crippen molar-refractivity contribution in [2.24, 2.45) is 11.5 Å². The van der Waals surface area contributed by atoms with Crippen molar-refractivity contribution in [2.75, 3.05) is 6.54 Å². The average molecular weight is 205 g/mol. The van der Waals surface area contributed by atoms with E-state index < -0.39 is 0 Å². The summed E-state index contributed by atoms with van der Waals surface area (Å²) in [6.07, 6.45) is 0. The Hall–Kier alpha value is -0.640. The van der Waals surface area contributed by atoms with Crippen LogP contribution in [-0.4, -0.2) is 6.54 Å². The minimum Gasteiger partial charge on any atom is -0.329 e. The molecule has 0 radical (unpaired) electrons. The van der Waals surface area contributed by atoms with E-state index in [0.29, 0.717) is 6.54 Å². The highest BCUT2D eigenvalue weighted by Gasteiger charge is 2.06. The van der Waals surface area contributed by atoms with Gasteiger partial charge in [0.05, 0.1) is 0 Å². The average Bonchev–Trinajstić information content (AvgIpc) is 2.03. The maximum Gasteiger partial charge on any atom is 0.123 e. The summed E-state index contributed by atoms with van der Waals surface area (Å²) in [6.45, 7) is 2.21. The lowest BCUT2D eigenvalue weighted by Gasteiger charge is -2.11. The second kappa shape index (κ2) is 5.17. The van der Waals surface area contributed by atoms with Crippen LogP contribution in [0, 0.1) is 12.7 Å². The molecule has 13 heavy (non-hydrogen) atoms. The third kappa shape index (κ3) is 2.95. The fraction of sp³-hybridized carbons (Fsp3) is 0.333. The topological polar surface area (TPSA) is 52.0 Å². The molecule has 0 unspecified atom stereocenters. The van der Waals surface area contributed by atoms with Gasteiger partial charge in [-0.2, -0.15) is 0 Å². The first-order chi connectivity index (χ1) is 5.65. The molecule has 1 aromatic carbocycles. The van der Waals surface area contributed by atoms with Crippen LogP contribution in [0.3, 0.4) is 0 Å². The first kappa shape index (κ1) is 12.4. The van der Waals surface area contributed by atoms with E-state index in [1.807, 2.05) is 6.92 Å². The molecule has 1 rings (SSSR count). The van der Waals surface area contributed by atoms with Gasteiger partial charge in [-0.25, -0.2) is 4.39 Å². The smallest absolute Gasteiger partial charge is 0.123 e. The third-order valence-corrected chi connectivity index (χ3v) is 1.89. The quantitative estimate of drug-likeness (QED) is 0.768. The highest BCUT2D eigenvalue weighted by atomic mass is 35.5. The van der Waals surface area contributed by atoms with Crippen LogP contribution >= 0.6 is 12.4 Å². The van der Waals surface area contributed by atoms with E-state index in [4.69, 9.17) is 11.5 Å². The minimum absolute atomic E-state index is 0. The normalized spacial score (nSPS) is 12.0. The Balaban J connectivity index is 0.00000144. The summed E-state index contributed by atoms with van der Waals surface area (Å²) in [7, 11) is 0. The van der Waals surface area contributed by atoms with Gasteiger partial charge in [0.25, 0.3) is 0 Å². The Kier molecular flexibility index (Phi) is 4.91. The van der Waals surface area contributed by atoms with Crippen LogP contribution < -0.4 is 11.5 Å². The van der Waals surface area contributed by atoms with E-state index in [2.05, 4.69) is 0 Å². The van der Waals surface area contributed by atoms with Crippen molar-refractivity contribution in [3.05, 3.63) is 35.1 Å². The van der Waals surface area contributed by atoms with Crippen LogP contribution in [0.5, 0.6) is 0 Å². The zero-order valence-corrected chi connectivity index (χ0v) is 8.27. The molecule has 0 fully saturated rings. The van der Waals surface area contributed by atoms with Gasteiger partial charge in [-0.05, 0) is 30.2 Å². The summed E-state index contributed by atoms with van der Waals surface area (Å²) >= 11 is 0. The highest BCUT2D eigenvalue weighted by molar-refractivity contribution is 5.85. The fourth-order valence-corrected chi connectivity index (χ4v) is 1.18. The van der Waals surface area contributed by atoms with Crippen LogP contribution in [0.2, 0.25) is 0 Å². The maximum absolute atomic E-state index is 12.6. The summed E-state index contributed by atoms with van der Waals surface area (Å²) in [4.78, 5) is 0. The van der Waals surface area contributed by atoms with E-state index in [9.17, 15) is 4.39 Å². The summed E-state index contributed by atoms with van der Waals surface area (Å²) in [5, 5.41) is 0. The number of nitrogens with two attached hydrogens (primary N) is 2. The van der Waals surface area contributed by atoms with E-state index >= 15 is 0 Å². The van der Waals surface area contributed by atoms with E-state index in [1.165, 1.54) is 12.1 Å². The highest BCUT2D eigenvalue weighted by Crippen LogP contribution is 2.15. The summed E-state index contributed by atoms with van der Waals surface area (Å²) in [5.74, 6) is -0.236. The monoisotopic (exact) mass is 204 g/mol. The molecule has 0 spiro atoms. The van der Waals surface area contributed by atoms with E-state index in [0.717, 1.165) is 11.1 Å². The molecular weight excluding hydrogens is 191 g/mol. The fourth-order valence-electron chi connectivity index (χ4n) is 1.18. The first-order valence-electron chi connectivity index (χ1n) is 3.87. The number of hydrogen-bond acceptors (Lipinski definition) is 2. The summed E-state index contributed by atoms with van der Waals surface area (Å²) in [5.41, 5.74) is 12.9. The van der Waals surface area contributed by atoms with Gasteiger partial charge in [0.2, 0.25) is 0 Å². The maximum atomic E-state index is 12.6. The zero-order valence-electron chi connectivity index (χ0n) is 7.46. The predicted molar refractivity (Wildman–Crippen MR) is 54.4 cm³/mol. The molecule has 0 saturated heterocycles. The second-order valence-electron chi connectivity index (χ2n) is 2.84. The molecule has 0 amide bonds. The van der Waals surface area contributed by atoms with Gasteiger partial charge in [0, 0.05) is 12.6 Å². The molecule has 0 aromatic heterocycles. The summed E-state index contributed by atoms with van der Waals surface area (Å²) in [6, 6.07) is 4.36. The van der Waals surface area contributed by atoms with Gasteiger partial charge < -0.3 is 11.5 Å². The van der Waals surface area contributed by atoms with Crippen molar-refractivity contribution >= 4 is 12.4 Å². The number of aryl methyl sites for hydroxylation is 1. The Morgan fingerprint density at radius 2 is 2.08 bits per heavy atom. The molecule has 0 heterocycles. The summed E-state index contributed by atoms with van der Waals surface area (Å²) < 4.78 is 12.6. The van der Waals surface area contributed by atoms with Crippen LogP contribution in [0.4, 0.5) is 4.39 Å². The lowest BCUT2D eigenvalue weighted by atomic mass is 10.0. The molecule has 0 saturated carbocycles. The Bertz CT molecular complexity index is 278. The van der Waals surface area contributed by atoms with E-state index in [-0.39, 0.29) is 24.3 Å². The first-order valence-corrected chi connectivity index (χ1v) is 3.87. The molecule has 2 nitrogen and oxygen atoms in total. The molecule has 4 N–H and O–H groups in total. The zero-order chi connectivity index (χ0) is 9.14. The van der Waals surface area contributed by atoms with Crippen LogP contribution in [-0.2, 0) is 0 Å². The van der Waals surface area contributed by atoms with Crippen molar-refractivity contribution in [2.45, 2.75) is 13.0 Å². The molecule has 0 bridgehead atoms. The van der Waals surface area contributed by atoms with Crippen LogP contribution in [0.1, 0.15) is 17.2 Å². The Morgan fingerprint density at radius 1 is 1.46 bits per heavy atom. The standard InChI is InChI=1S/C9H13FN2.ClH/c1-6-4-7(10)2-3-8(6)9(12)5-11;/h2-4,9H,5,11-12H2,1H3;1H/t9-;/m0./s1. The lowest BCUT2D eigenvalue weighted by Crippen LogP contribution is -2.21. The van der Waals surface area contributed by atoms with Gasteiger partial charge in [-0.1, -0.05) is 6.07 Å². The van der Waals surface area contributed by atoms with Crippen molar-refractivity contribution < 1.29 is 4.39 Å². The van der Waals surface area contributed by atoms with Gasteiger partial charge in [0.15, 0.2) is 0 Å². The van der Waals surface area contributed by atoms with Gasteiger partial charge >= 0.3 is 0 Å². The van der Waals surface area contributed by atoms with Crippen molar-refractivity contribution in [3.63, 3.8) is 0 Å². The predicted octanol–water partition coefficient (Wildman–Crippen LogP) is 1.51. The Morgan fingerprint density at radius 3 is 2.54 bits per heavy atom. The molecule has 1 atom stereocenters. The van der Waals surface area contributed by atoms with E-state index in [1.54, 1.807) is 6.07 Å². The Labute approximate surface area is 83.5 Å². The SMILES string of the molecule is Cc1cc(F)ccc1[C@@H](N)CN.Cl. The molecule has 0 aliphatic heterocycles. The van der Waals surface area contributed by atoms with Crippen LogP contribution in [0.15, 0.2) is 18.2 Å². The number of benzene rings is 1. The number of halogens is 2. The molecular formula is C9H14ClFN2. The van der Waals surface area contributed by atoms with Crippen LogP contribution in [0.25, 0.3) is 0 Å². The molecule has 0 aliphatic rings. The number of rotatable bonds is 2. The molecule has 4 heteroatoms. The van der Waals surface area contributed by atoms with Crippen molar-refractivity contribution in [1.29, 1.82) is 0 Å². The molecule has 1 aromatic rings. The third-order valence-electron chi connectivity index (χ3n) is 1.89. The molecule has 0 aliphatic carbocycles. The van der Waals surface area contributed by atoms with Crippen molar-refractivity contribution in [1.82, 2.24) is 0 Å². The number of hydrogen-bond donors (Lipinski definition) is 2. The van der Waals surface area contributed by atoms with Crippen molar-refractivity contribution in [3.8, 4) is 0 Å². The van der Waals surface area contributed by atoms with Gasteiger partial charge in [-0.15, -0.1) is 12.4 Å². The lowest BCUT2D eigenvalue weighted by molar-refractivity contribution is 0.623.